The Bertz CT molecular complexity index is 795. The van der Waals surface area contributed by atoms with Gasteiger partial charge in [0.15, 0.2) is 5.78 Å². The first-order valence-electron chi connectivity index (χ1n) is 9.02. The zero-order valence-corrected chi connectivity index (χ0v) is 15.5. The third-order valence-electron chi connectivity index (χ3n) is 6.34. The van der Waals surface area contributed by atoms with E-state index in [2.05, 4.69) is 0 Å². The summed E-state index contributed by atoms with van der Waals surface area (Å²) in [7, 11) is 0. The molecule has 0 radical (unpaired) electrons. The summed E-state index contributed by atoms with van der Waals surface area (Å²) >= 11 is 0. The van der Waals surface area contributed by atoms with Gasteiger partial charge < -0.3 is 0 Å². The van der Waals surface area contributed by atoms with E-state index < -0.39 is 0 Å². The number of fused-ring (bicyclic) bond motifs is 2. The van der Waals surface area contributed by atoms with Crippen molar-refractivity contribution in [2.24, 2.45) is 16.7 Å². The fourth-order valence-corrected chi connectivity index (χ4v) is 4.14. The van der Waals surface area contributed by atoms with E-state index in [1.54, 1.807) is 0 Å². The van der Waals surface area contributed by atoms with Crippen LogP contribution in [0, 0.1) is 16.7 Å². The van der Waals surface area contributed by atoms with Gasteiger partial charge in [0.2, 0.25) is 11.6 Å². The molecule has 0 heterocycles. The normalized spacial score (nSPS) is 25.6. The molecule has 2 saturated carbocycles. The van der Waals surface area contributed by atoms with Crippen molar-refractivity contribution in [2.45, 2.75) is 33.6 Å². The van der Waals surface area contributed by atoms with E-state index in [9.17, 15) is 14.4 Å². The Balaban J connectivity index is 0.000000152. The molecule has 134 valence electrons. The van der Waals surface area contributed by atoms with Crippen LogP contribution in [-0.4, -0.2) is 17.3 Å². The van der Waals surface area contributed by atoms with Gasteiger partial charge in [-0.25, -0.2) is 0 Å². The van der Waals surface area contributed by atoms with Crippen LogP contribution in [0.15, 0.2) is 60.7 Å². The minimum atomic E-state index is -0.352. The minimum absolute atomic E-state index is 0.00926. The smallest absolute Gasteiger partial charge is 0.205 e. The van der Waals surface area contributed by atoms with E-state index in [1.165, 1.54) is 0 Å². The summed E-state index contributed by atoms with van der Waals surface area (Å²) in [5, 5.41) is 0. The number of hydrogen-bond acceptors (Lipinski definition) is 3. The minimum Gasteiger partial charge on any atom is -0.291 e. The third-order valence-corrected chi connectivity index (χ3v) is 6.34. The van der Waals surface area contributed by atoms with Crippen LogP contribution in [0.3, 0.4) is 0 Å². The molecule has 0 saturated heterocycles. The highest BCUT2D eigenvalue weighted by Gasteiger charge is 2.66. The highest BCUT2D eigenvalue weighted by molar-refractivity contribution is 6.43. The largest absolute Gasteiger partial charge is 0.291 e. The van der Waals surface area contributed by atoms with Crippen molar-refractivity contribution in [2.75, 3.05) is 0 Å². The first-order chi connectivity index (χ1) is 12.3. The summed E-state index contributed by atoms with van der Waals surface area (Å²) < 4.78 is 0. The van der Waals surface area contributed by atoms with Gasteiger partial charge in [-0.3, -0.25) is 14.4 Å². The van der Waals surface area contributed by atoms with Crippen molar-refractivity contribution in [1.29, 1.82) is 0 Å². The van der Waals surface area contributed by atoms with Crippen molar-refractivity contribution in [3.05, 3.63) is 71.8 Å². The van der Waals surface area contributed by atoms with Crippen LogP contribution in [0.4, 0.5) is 0 Å². The molecule has 2 aromatic carbocycles. The van der Waals surface area contributed by atoms with E-state index in [-0.39, 0.29) is 34.1 Å². The second kappa shape index (κ2) is 6.64. The fourth-order valence-electron chi connectivity index (χ4n) is 4.14. The quantitative estimate of drug-likeness (QED) is 0.593. The molecule has 3 heteroatoms. The molecular formula is C23H24O3. The molecule has 0 aromatic heterocycles. The number of Topliss-reactive ketones (excluding diaryl/α,β-unsaturated/α-hetero) is 2. The summed E-state index contributed by atoms with van der Waals surface area (Å²) in [5.74, 6) is -0.154. The number of carbonyl (C=O) groups excluding carboxylic acids is 3. The van der Waals surface area contributed by atoms with Gasteiger partial charge in [-0.15, -0.1) is 0 Å². The average Bonchev–Trinajstić information content (AvgIpc) is 2.97. The summed E-state index contributed by atoms with van der Waals surface area (Å²) in [5.41, 5.74) is 1.02. The summed E-state index contributed by atoms with van der Waals surface area (Å²) in [6.45, 7) is 6.04. The maximum atomic E-state index is 11.8. The molecule has 2 aromatic rings. The van der Waals surface area contributed by atoms with Gasteiger partial charge in [0, 0.05) is 22.5 Å². The van der Waals surface area contributed by atoms with Gasteiger partial charge in [0.05, 0.1) is 0 Å². The monoisotopic (exact) mass is 348 g/mol. The number of benzene rings is 2. The van der Waals surface area contributed by atoms with E-state index in [4.69, 9.17) is 0 Å². The van der Waals surface area contributed by atoms with Gasteiger partial charge in [0.1, 0.15) is 0 Å². The van der Waals surface area contributed by atoms with Gasteiger partial charge in [0.25, 0.3) is 0 Å². The lowest BCUT2D eigenvalue weighted by atomic mass is 9.70. The Kier molecular flexibility index (Phi) is 4.66. The van der Waals surface area contributed by atoms with Crippen LogP contribution in [0.25, 0.3) is 0 Å². The molecule has 0 aliphatic heterocycles. The van der Waals surface area contributed by atoms with Crippen molar-refractivity contribution in [3.8, 4) is 0 Å². The second-order valence-corrected chi connectivity index (χ2v) is 7.90. The maximum Gasteiger partial charge on any atom is 0.205 e. The molecule has 0 amide bonds. The van der Waals surface area contributed by atoms with Gasteiger partial charge >= 0.3 is 0 Å². The molecule has 0 N–H and O–H groups in total. The first kappa shape index (κ1) is 18.2. The predicted molar refractivity (Wildman–Crippen MR) is 101 cm³/mol. The Labute approximate surface area is 154 Å². The molecule has 2 unspecified atom stereocenters. The van der Waals surface area contributed by atoms with Gasteiger partial charge in [-0.2, -0.15) is 0 Å². The second-order valence-electron chi connectivity index (χ2n) is 7.90. The highest BCUT2D eigenvalue weighted by atomic mass is 16.2. The molecule has 4 rings (SSSR count). The Morgan fingerprint density at radius 3 is 1.62 bits per heavy atom. The van der Waals surface area contributed by atoms with Crippen LogP contribution < -0.4 is 0 Å². The molecule has 2 fully saturated rings. The summed E-state index contributed by atoms with van der Waals surface area (Å²) in [6.07, 6.45) is 1.81. The van der Waals surface area contributed by atoms with Crippen LogP contribution in [0.2, 0.25) is 0 Å². The Hall–Kier alpha value is -2.55. The summed E-state index contributed by atoms with van der Waals surface area (Å²) in [6, 6.07) is 18.6. The molecule has 3 nitrogen and oxygen atoms in total. The standard InChI is InChI=1S/C13H10O.C10H14O2/c14-13(11-7-3-1-4-8-11)12-9-5-2-6-10-12;1-9(2)6-4-5-10(9,3)8(12)7(6)11/h1-10H;6H,4-5H2,1-3H3. The molecule has 2 aliphatic carbocycles. The first-order valence-corrected chi connectivity index (χ1v) is 9.02. The van der Waals surface area contributed by atoms with Crippen molar-refractivity contribution < 1.29 is 14.4 Å². The Morgan fingerprint density at radius 2 is 1.31 bits per heavy atom. The van der Waals surface area contributed by atoms with Crippen LogP contribution in [-0.2, 0) is 9.59 Å². The van der Waals surface area contributed by atoms with E-state index in [0.717, 1.165) is 24.0 Å². The molecule has 2 aliphatic rings. The molecule has 26 heavy (non-hydrogen) atoms. The van der Waals surface area contributed by atoms with Crippen LogP contribution in [0.1, 0.15) is 49.5 Å². The lowest BCUT2D eigenvalue weighted by molar-refractivity contribution is -0.141. The highest BCUT2D eigenvalue weighted by Crippen LogP contribution is 2.61. The van der Waals surface area contributed by atoms with E-state index in [1.807, 2.05) is 81.4 Å². The molecular weight excluding hydrogens is 324 g/mol. The van der Waals surface area contributed by atoms with Gasteiger partial charge in [-0.1, -0.05) is 81.4 Å². The predicted octanol–water partition coefficient (Wildman–Crippen LogP) is 4.50. The molecule has 0 spiro atoms. The third kappa shape index (κ3) is 2.82. The average molecular weight is 348 g/mol. The zero-order chi connectivity index (χ0) is 18.9. The zero-order valence-electron chi connectivity index (χ0n) is 15.5. The summed E-state index contributed by atoms with van der Waals surface area (Å²) in [4.78, 5) is 34.8. The van der Waals surface area contributed by atoms with Crippen LogP contribution >= 0.6 is 0 Å². The van der Waals surface area contributed by atoms with Crippen molar-refractivity contribution >= 4 is 17.3 Å². The molecule has 2 atom stereocenters. The van der Waals surface area contributed by atoms with Crippen molar-refractivity contribution in [3.63, 3.8) is 0 Å². The van der Waals surface area contributed by atoms with Crippen molar-refractivity contribution in [1.82, 2.24) is 0 Å². The lowest BCUT2D eigenvalue weighted by Gasteiger charge is -2.31. The van der Waals surface area contributed by atoms with E-state index in [0.29, 0.717) is 0 Å². The van der Waals surface area contributed by atoms with Crippen LogP contribution in [0.5, 0.6) is 0 Å². The number of hydrogen-bond donors (Lipinski definition) is 0. The number of ketones is 3. The topological polar surface area (TPSA) is 51.2 Å². The lowest BCUT2D eigenvalue weighted by Crippen LogP contribution is -2.33. The maximum absolute atomic E-state index is 11.8. The molecule has 2 bridgehead atoms. The SMILES string of the molecule is CC12CCC(C(=O)C1=O)C2(C)C.O=C(c1ccccc1)c1ccccc1. The van der Waals surface area contributed by atoms with Gasteiger partial charge in [-0.05, 0) is 18.3 Å². The number of rotatable bonds is 2. The number of carbonyl (C=O) groups is 3. The fraction of sp³-hybridized carbons (Fsp3) is 0.348. The Morgan fingerprint density at radius 1 is 0.846 bits per heavy atom. The van der Waals surface area contributed by atoms with E-state index >= 15 is 0 Å².